The molecule has 100 valence electrons. The molecular formula is C12H14N4O3. The van der Waals surface area contributed by atoms with E-state index in [1.54, 1.807) is 6.07 Å². The molecule has 0 aliphatic heterocycles. The van der Waals surface area contributed by atoms with Gasteiger partial charge in [0.1, 0.15) is 0 Å². The van der Waals surface area contributed by atoms with Gasteiger partial charge in [-0.3, -0.25) is 0 Å². The number of hydrogen-bond donors (Lipinski definition) is 0. The average molecular weight is 262 g/mol. The van der Waals surface area contributed by atoms with Gasteiger partial charge in [-0.05, 0) is 34.5 Å². The highest BCUT2D eigenvalue weighted by molar-refractivity contribution is 5.91. The Morgan fingerprint density at radius 1 is 1.37 bits per heavy atom. The van der Waals surface area contributed by atoms with Crippen molar-refractivity contribution in [2.24, 2.45) is 7.05 Å². The van der Waals surface area contributed by atoms with Gasteiger partial charge in [0.15, 0.2) is 0 Å². The lowest BCUT2D eigenvalue weighted by Gasteiger charge is -2.06. The number of carbonyl (C=O) groups excluding carboxylic acids is 1. The largest absolute Gasteiger partial charge is 0.465 e. The number of carbonyl (C=O) groups is 1. The Hall–Kier alpha value is -2.44. The second-order valence-electron chi connectivity index (χ2n) is 4.18. The molecule has 2 rings (SSSR count). The van der Waals surface area contributed by atoms with Crippen molar-refractivity contribution in [2.75, 3.05) is 7.11 Å². The minimum atomic E-state index is -0.397. The van der Waals surface area contributed by atoms with Crippen molar-refractivity contribution in [1.82, 2.24) is 19.8 Å². The van der Waals surface area contributed by atoms with Crippen LogP contribution in [0.25, 0.3) is 0 Å². The van der Waals surface area contributed by atoms with Crippen LogP contribution in [0.4, 0.5) is 0 Å². The van der Waals surface area contributed by atoms with Crippen molar-refractivity contribution in [3.8, 4) is 0 Å². The highest BCUT2D eigenvalue weighted by Crippen LogP contribution is 2.12. The fourth-order valence-corrected chi connectivity index (χ4v) is 1.72. The predicted molar refractivity (Wildman–Crippen MR) is 66.9 cm³/mol. The topological polar surface area (TPSA) is 79.0 Å². The first-order valence-electron chi connectivity index (χ1n) is 5.67. The van der Waals surface area contributed by atoms with Crippen molar-refractivity contribution in [3.63, 3.8) is 0 Å². The number of nitrogens with zero attached hydrogens (tertiary/aromatic N) is 4. The number of esters is 1. The van der Waals surface area contributed by atoms with Crippen molar-refractivity contribution in [3.05, 3.63) is 45.4 Å². The number of ether oxygens (including phenoxy) is 1. The van der Waals surface area contributed by atoms with Crippen LogP contribution in [0.3, 0.4) is 0 Å². The Kier molecular flexibility index (Phi) is 3.46. The summed E-state index contributed by atoms with van der Waals surface area (Å²) in [6.45, 7) is 2.08. The summed E-state index contributed by atoms with van der Waals surface area (Å²) >= 11 is 0. The average Bonchev–Trinajstić information content (AvgIpc) is 2.72. The number of aromatic nitrogens is 4. The van der Waals surface area contributed by atoms with E-state index in [9.17, 15) is 9.59 Å². The number of benzene rings is 1. The van der Waals surface area contributed by atoms with Crippen molar-refractivity contribution < 1.29 is 9.53 Å². The van der Waals surface area contributed by atoms with E-state index in [4.69, 9.17) is 4.74 Å². The minimum Gasteiger partial charge on any atom is -0.465 e. The molecule has 1 aromatic heterocycles. The molecule has 1 heterocycles. The maximum Gasteiger partial charge on any atom is 0.363 e. The smallest absolute Gasteiger partial charge is 0.363 e. The van der Waals surface area contributed by atoms with Gasteiger partial charge in [0.25, 0.3) is 0 Å². The Bertz CT molecular complexity index is 672. The molecular weight excluding hydrogens is 248 g/mol. The fourth-order valence-electron chi connectivity index (χ4n) is 1.72. The van der Waals surface area contributed by atoms with E-state index in [1.165, 1.54) is 18.8 Å². The summed E-state index contributed by atoms with van der Waals surface area (Å²) in [6, 6.07) is 5.34. The van der Waals surface area contributed by atoms with Gasteiger partial charge in [0.2, 0.25) is 0 Å². The summed E-state index contributed by atoms with van der Waals surface area (Å²) in [5.74, 6) is -0.397. The zero-order chi connectivity index (χ0) is 14.0. The van der Waals surface area contributed by atoms with Gasteiger partial charge < -0.3 is 4.74 Å². The molecule has 2 aromatic rings. The quantitative estimate of drug-likeness (QED) is 0.734. The molecule has 0 atom stereocenters. The number of tetrazole rings is 1. The third-order valence-corrected chi connectivity index (χ3v) is 2.82. The van der Waals surface area contributed by atoms with Crippen LogP contribution < -0.4 is 5.69 Å². The molecule has 1 aromatic carbocycles. The molecule has 0 saturated heterocycles. The SMILES string of the molecule is COC(=O)c1cc(Cn2nnn(C)c2=O)ccc1C. The van der Waals surface area contributed by atoms with Crippen LogP contribution in [0.5, 0.6) is 0 Å². The van der Waals surface area contributed by atoms with Gasteiger partial charge in [-0.25, -0.2) is 9.59 Å². The fraction of sp³-hybridized carbons (Fsp3) is 0.333. The molecule has 0 bridgehead atoms. The standard InChI is InChI=1S/C12H14N4O3/c1-8-4-5-9(6-10(8)11(17)19-3)7-16-12(18)15(2)13-14-16/h4-6H,7H2,1-3H3. The lowest BCUT2D eigenvalue weighted by atomic mass is 10.1. The Morgan fingerprint density at radius 2 is 2.11 bits per heavy atom. The first-order chi connectivity index (χ1) is 9.02. The second-order valence-corrected chi connectivity index (χ2v) is 4.18. The molecule has 7 nitrogen and oxygen atoms in total. The third-order valence-electron chi connectivity index (χ3n) is 2.82. The first-order valence-corrected chi connectivity index (χ1v) is 5.67. The van der Waals surface area contributed by atoms with Gasteiger partial charge in [0.05, 0.1) is 19.2 Å². The molecule has 0 aliphatic carbocycles. The van der Waals surface area contributed by atoms with E-state index in [2.05, 4.69) is 10.4 Å². The third kappa shape index (κ3) is 2.54. The summed E-state index contributed by atoms with van der Waals surface area (Å²) in [5, 5.41) is 7.36. The molecule has 0 radical (unpaired) electrons. The molecule has 0 unspecified atom stereocenters. The van der Waals surface area contributed by atoms with E-state index >= 15 is 0 Å². The minimum absolute atomic E-state index is 0.261. The molecule has 0 amide bonds. The van der Waals surface area contributed by atoms with E-state index in [0.717, 1.165) is 15.8 Å². The van der Waals surface area contributed by atoms with Gasteiger partial charge in [-0.2, -0.15) is 9.36 Å². The number of rotatable bonds is 3. The second kappa shape index (κ2) is 5.05. The van der Waals surface area contributed by atoms with Crippen molar-refractivity contribution in [2.45, 2.75) is 13.5 Å². The molecule has 0 aliphatic rings. The monoisotopic (exact) mass is 262 g/mol. The Balaban J connectivity index is 2.34. The number of hydrogen-bond acceptors (Lipinski definition) is 5. The van der Waals surface area contributed by atoms with Gasteiger partial charge >= 0.3 is 11.7 Å². The maximum absolute atomic E-state index is 11.6. The molecule has 7 heteroatoms. The summed E-state index contributed by atoms with van der Waals surface area (Å²) in [5.41, 5.74) is 1.79. The van der Waals surface area contributed by atoms with Crippen LogP contribution in [0, 0.1) is 6.92 Å². The summed E-state index contributed by atoms with van der Waals surface area (Å²) < 4.78 is 7.09. The zero-order valence-electron chi connectivity index (χ0n) is 11.0. The van der Waals surface area contributed by atoms with Crippen LogP contribution in [0.2, 0.25) is 0 Å². The van der Waals surface area contributed by atoms with Crippen LogP contribution >= 0.6 is 0 Å². The van der Waals surface area contributed by atoms with Crippen LogP contribution in [-0.4, -0.2) is 32.9 Å². The summed E-state index contributed by atoms with van der Waals surface area (Å²) in [6.07, 6.45) is 0. The highest BCUT2D eigenvalue weighted by atomic mass is 16.5. The van der Waals surface area contributed by atoms with Gasteiger partial charge in [0, 0.05) is 7.05 Å². The Morgan fingerprint density at radius 3 is 2.68 bits per heavy atom. The normalized spacial score (nSPS) is 10.5. The van der Waals surface area contributed by atoms with Crippen LogP contribution in [-0.2, 0) is 18.3 Å². The van der Waals surface area contributed by atoms with E-state index in [1.807, 2.05) is 19.1 Å². The number of methoxy groups -OCH3 is 1. The van der Waals surface area contributed by atoms with Gasteiger partial charge in [-0.15, -0.1) is 0 Å². The maximum atomic E-state index is 11.6. The molecule has 0 spiro atoms. The lowest BCUT2D eigenvalue weighted by molar-refractivity contribution is 0.0600. The van der Waals surface area contributed by atoms with Crippen LogP contribution in [0.15, 0.2) is 23.0 Å². The van der Waals surface area contributed by atoms with E-state index in [0.29, 0.717) is 5.56 Å². The van der Waals surface area contributed by atoms with Crippen molar-refractivity contribution >= 4 is 5.97 Å². The molecule has 0 saturated carbocycles. The molecule has 0 fully saturated rings. The van der Waals surface area contributed by atoms with Crippen LogP contribution in [0.1, 0.15) is 21.5 Å². The lowest BCUT2D eigenvalue weighted by Crippen LogP contribution is -2.23. The summed E-state index contributed by atoms with van der Waals surface area (Å²) in [4.78, 5) is 23.2. The Labute approximate surface area is 109 Å². The van der Waals surface area contributed by atoms with E-state index < -0.39 is 5.97 Å². The summed E-state index contributed by atoms with van der Waals surface area (Å²) in [7, 11) is 2.86. The molecule has 0 N–H and O–H groups in total. The molecule has 19 heavy (non-hydrogen) atoms. The van der Waals surface area contributed by atoms with Gasteiger partial charge in [-0.1, -0.05) is 12.1 Å². The first kappa shape index (κ1) is 13.0. The number of aryl methyl sites for hydroxylation is 2. The zero-order valence-corrected chi connectivity index (χ0v) is 11.0. The highest BCUT2D eigenvalue weighted by Gasteiger charge is 2.11. The van der Waals surface area contributed by atoms with E-state index in [-0.39, 0.29) is 12.2 Å². The van der Waals surface area contributed by atoms with Crippen molar-refractivity contribution in [1.29, 1.82) is 0 Å². The predicted octanol–water partition coefficient (Wildman–Crippen LogP) is 0.120.